The Kier molecular flexibility index (Phi) is 6.01. The summed E-state index contributed by atoms with van der Waals surface area (Å²) in [5.41, 5.74) is 0.269. The van der Waals surface area contributed by atoms with Gasteiger partial charge >= 0.3 is 0 Å². The lowest BCUT2D eigenvalue weighted by Crippen LogP contribution is -2.51. The molecule has 1 aromatic rings. The van der Waals surface area contributed by atoms with Crippen molar-refractivity contribution in [1.29, 1.82) is 0 Å². The Morgan fingerprint density at radius 3 is 2.25 bits per heavy atom. The number of rotatable bonds is 6. The van der Waals surface area contributed by atoms with E-state index in [-0.39, 0.29) is 11.7 Å². The molecule has 1 fully saturated rings. The summed E-state index contributed by atoms with van der Waals surface area (Å²) >= 11 is 0. The summed E-state index contributed by atoms with van der Waals surface area (Å²) in [6.45, 7) is 5.26. The third kappa shape index (κ3) is 5.03. The van der Waals surface area contributed by atoms with Crippen molar-refractivity contribution in [1.82, 2.24) is 9.21 Å². The van der Waals surface area contributed by atoms with Gasteiger partial charge in [-0.1, -0.05) is 30.3 Å². The van der Waals surface area contributed by atoms with E-state index in [4.69, 9.17) is 4.74 Å². The fourth-order valence-electron chi connectivity index (χ4n) is 2.64. The minimum Gasteiger partial charge on any atom is -0.378 e. The summed E-state index contributed by atoms with van der Waals surface area (Å²) in [6, 6.07) is 9.15. The van der Waals surface area contributed by atoms with Gasteiger partial charge in [0.15, 0.2) is 0 Å². The molecule has 1 aromatic carbocycles. The molecule has 1 heterocycles. The van der Waals surface area contributed by atoms with Crippen LogP contribution in [0.1, 0.15) is 25.8 Å². The molecule has 6 nitrogen and oxygen atoms in total. The Balaban J connectivity index is 1.91. The van der Waals surface area contributed by atoms with Crippen LogP contribution in [0.25, 0.3) is 0 Å². The van der Waals surface area contributed by atoms with Crippen LogP contribution in [0.2, 0.25) is 0 Å². The summed E-state index contributed by atoms with van der Waals surface area (Å²) in [6.07, 6.45) is 0.292. The van der Waals surface area contributed by atoms with Crippen LogP contribution in [0.15, 0.2) is 30.3 Å². The molecule has 0 spiro atoms. The molecule has 24 heavy (non-hydrogen) atoms. The van der Waals surface area contributed by atoms with E-state index in [0.717, 1.165) is 5.56 Å². The van der Waals surface area contributed by atoms with Crippen molar-refractivity contribution in [2.24, 2.45) is 0 Å². The molecule has 0 N–H and O–H groups in total. The molecule has 0 aromatic heterocycles. The molecular weight excluding hydrogens is 328 g/mol. The minimum absolute atomic E-state index is 0.00150. The van der Waals surface area contributed by atoms with Crippen LogP contribution in [-0.4, -0.2) is 62.4 Å². The first-order chi connectivity index (χ1) is 11.2. The predicted octanol–water partition coefficient (Wildman–Crippen LogP) is 1.48. The van der Waals surface area contributed by atoms with E-state index in [9.17, 15) is 13.2 Å². The number of nitrogens with zero attached hydrogens (tertiary/aromatic N) is 2. The number of hydrogen-bond donors (Lipinski definition) is 0. The highest BCUT2D eigenvalue weighted by Crippen LogP contribution is 2.18. The van der Waals surface area contributed by atoms with Crippen LogP contribution in [0.3, 0.4) is 0 Å². The van der Waals surface area contributed by atoms with Gasteiger partial charge in [0.2, 0.25) is 15.9 Å². The Bertz CT molecular complexity index is 650. The fraction of sp³-hybridized carbons (Fsp3) is 0.588. The maximum Gasteiger partial charge on any atom is 0.225 e. The third-order valence-electron chi connectivity index (χ3n) is 4.31. The number of benzene rings is 1. The number of sulfonamides is 1. The van der Waals surface area contributed by atoms with Crippen LogP contribution in [0.4, 0.5) is 0 Å². The smallest absolute Gasteiger partial charge is 0.225 e. The quantitative estimate of drug-likeness (QED) is 0.776. The van der Waals surface area contributed by atoms with Crippen LogP contribution in [0, 0.1) is 0 Å². The highest BCUT2D eigenvalue weighted by atomic mass is 32.2. The normalized spacial score (nSPS) is 17.0. The zero-order valence-corrected chi connectivity index (χ0v) is 15.4. The Hall–Kier alpha value is -1.44. The minimum atomic E-state index is -3.35. The first kappa shape index (κ1) is 18.9. The molecule has 7 heteroatoms. The van der Waals surface area contributed by atoms with E-state index in [0.29, 0.717) is 32.6 Å². The van der Waals surface area contributed by atoms with Gasteiger partial charge in [0, 0.05) is 33.3 Å². The number of piperazine rings is 1. The lowest BCUT2D eigenvalue weighted by atomic mass is 10.0. The summed E-state index contributed by atoms with van der Waals surface area (Å²) in [4.78, 5) is 14.0. The first-order valence-corrected chi connectivity index (χ1v) is 9.69. The number of carbonyl (C=O) groups is 1. The molecule has 0 saturated carbocycles. The SMILES string of the molecule is COC(C)(C)CC(=O)N1CCN(S(=O)(=O)Cc2ccccc2)CC1. The number of carbonyl (C=O) groups excluding carboxylic acids is 1. The molecule has 0 aliphatic carbocycles. The molecule has 0 bridgehead atoms. The zero-order chi connectivity index (χ0) is 17.8. The van der Waals surface area contributed by atoms with Crippen LogP contribution in [0.5, 0.6) is 0 Å². The van der Waals surface area contributed by atoms with E-state index in [1.165, 1.54) is 4.31 Å². The monoisotopic (exact) mass is 354 g/mol. The third-order valence-corrected chi connectivity index (χ3v) is 6.16. The second kappa shape index (κ2) is 7.63. The lowest BCUT2D eigenvalue weighted by molar-refractivity contribution is -0.137. The zero-order valence-electron chi connectivity index (χ0n) is 14.6. The van der Waals surface area contributed by atoms with E-state index < -0.39 is 15.6 Å². The first-order valence-electron chi connectivity index (χ1n) is 8.08. The van der Waals surface area contributed by atoms with Gasteiger partial charge in [-0.15, -0.1) is 0 Å². The lowest BCUT2D eigenvalue weighted by Gasteiger charge is -2.35. The molecule has 1 amide bonds. The van der Waals surface area contributed by atoms with Crippen molar-refractivity contribution in [2.45, 2.75) is 31.6 Å². The Morgan fingerprint density at radius 1 is 1.12 bits per heavy atom. The number of ether oxygens (including phenoxy) is 1. The largest absolute Gasteiger partial charge is 0.378 e. The Morgan fingerprint density at radius 2 is 1.71 bits per heavy atom. The number of hydrogen-bond acceptors (Lipinski definition) is 4. The van der Waals surface area contributed by atoms with Gasteiger partial charge in [0.1, 0.15) is 0 Å². The second-order valence-electron chi connectivity index (χ2n) is 6.66. The van der Waals surface area contributed by atoms with Crippen LogP contribution >= 0.6 is 0 Å². The fourth-order valence-corrected chi connectivity index (χ4v) is 4.16. The van der Waals surface area contributed by atoms with Gasteiger partial charge < -0.3 is 9.64 Å². The molecule has 1 aliphatic heterocycles. The van der Waals surface area contributed by atoms with Crippen LogP contribution < -0.4 is 0 Å². The summed E-state index contributed by atoms with van der Waals surface area (Å²) in [7, 11) is -1.77. The van der Waals surface area contributed by atoms with Gasteiger partial charge in [-0.2, -0.15) is 4.31 Å². The van der Waals surface area contributed by atoms with Gasteiger partial charge in [0.25, 0.3) is 0 Å². The highest BCUT2D eigenvalue weighted by Gasteiger charge is 2.31. The van der Waals surface area contributed by atoms with Crippen molar-refractivity contribution in [3.8, 4) is 0 Å². The van der Waals surface area contributed by atoms with Crippen molar-refractivity contribution in [3.63, 3.8) is 0 Å². The topological polar surface area (TPSA) is 66.9 Å². The molecule has 1 saturated heterocycles. The molecule has 134 valence electrons. The second-order valence-corrected chi connectivity index (χ2v) is 8.63. The van der Waals surface area contributed by atoms with Gasteiger partial charge in [-0.05, 0) is 19.4 Å². The maximum atomic E-state index is 12.5. The summed E-state index contributed by atoms with van der Waals surface area (Å²) < 4.78 is 31.8. The predicted molar refractivity (Wildman–Crippen MR) is 92.9 cm³/mol. The van der Waals surface area contributed by atoms with Gasteiger partial charge in [0.05, 0.1) is 17.8 Å². The van der Waals surface area contributed by atoms with E-state index in [2.05, 4.69) is 0 Å². The standard InChI is InChI=1S/C17H26N2O4S/c1-17(2,23-3)13-16(20)18-9-11-19(12-10-18)24(21,22)14-15-7-5-4-6-8-15/h4-8H,9-14H2,1-3H3. The number of amides is 1. The van der Waals surface area contributed by atoms with Gasteiger partial charge in [-0.25, -0.2) is 8.42 Å². The van der Waals surface area contributed by atoms with Crippen molar-refractivity contribution >= 4 is 15.9 Å². The molecule has 0 atom stereocenters. The maximum absolute atomic E-state index is 12.5. The van der Waals surface area contributed by atoms with E-state index in [1.807, 2.05) is 44.2 Å². The number of methoxy groups -OCH3 is 1. The van der Waals surface area contributed by atoms with Crippen molar-refractivity contribution < 1.29 is 17.9 Å². The molecule has 2 rings (SSSR count). The van der Waals surface area contributed by atoms with E-state index >= 15 is 0 Å². The molecular formula is C17H26N2O4S. The highest BCUT2D eigenvalue weighted by molar-refractivity contribution is 7.88. The van der Waals surface area contributed by atoms with Gasteiger partial charge in [-0.3, -0.25) is 4.79 Å². The average Bonchev–Trinajstić information content (AvgIpc) is 2.55. The molecule has 1 aliphatic rings. The summed E-state index contributed by atoms with van der Waals surface area (Å²) in [5, 5.41) is 0. The molecule has 0 radical (unpaired) electrons. The molecule has 0 unspecified atom stereocenters. The van der Waals surface area contributed by atoms with Crippen LogP contribution in [-0.2, 0) is 25.3 Å². The van der Waals surface area contributed by atoms with Crippen molar-refractivity contribution in [3.05, 3.63) is 35.9 Å². The average molecular weight is 354 g/mol. The van der Waals surface area contributed by atoms with Crippen molar-refractivity contribution in [2.75, 3.05) is 33.3 Å². The summed E-state index contributed by atoms with van der Waals surface area (Å²) in [5.74, 6) is 0.000317. The van der Waals surface area contributed by atoms with E-state index in [1.54, 1.807) is 12.0 Å². The Labute approximate surface area is 144 Å².